The normalized spacial score (nSPS) is 22.1. The summed E-state index contributed by atoms with van der Waals surface area (Å²) in [4.78, 5) is 28.3. The number of hydrogen-bond donors (Lipinski definition) is 1. The van der Waals surface area contributed by atoms with Gasteiger partial charge in [0.1, 0.15) is 5.82 Å². The van der Waals surface area contributed by atoms with E-state index in [9.17, 15) is 4.79 Å². The van der Waals surface area contributed by atoms with Gasteiger partial charge in [-0.05, 0) is 49.3 Å². The van der Waals surface area contributed by atoms with E-state index < -0.39 is 0 Å². The summed E-state index contributed by atoms with van der Waals surface area (Å²) >= 11 is 0. The Morgan fingerprint density at radius 2 is 1.88 bits per heavy atom. The molecule has 0 unspecified atom stereocenters. The molecule has 1 N–H and O–H groups in total. The Balaban J connectivity index is 1.35. The predicted octanol–water partition coefficient (Wildman–Crippen LogP) is 3.38. The van der Waals surface area contributed by atoms with E-state index in [1.807, 2.05) is 30.7 Å². The van der Waals surface area contributed by atoms with Gasteiger partial charge in [0.15, 0.2) is 0 Å². The maximum absolute atomic E-state index is 12.3. The molecule has 2 fully saturated rings. The van der Waals surface area contributed by atoms with Gasteiger partial charge in [-0.15, -0.1) is 0 Å². The van der Waals surface area contributed by atoms with Crippen molar-refractivity contribution in [2.24, 2.45) is 5.92 Å². The smallest absolute Gasteiger partial charge is 0.234 e. The zero-order valence-electron chi connectivity index (χ0n) is 19.3. The Morgan fingerprint density at radius 1 is 1.16 bits per heavy atom. The lowest BCUT2D eigenvalue weighted by Gasteiger charge is -2.30. The first-order valence-corrected chi connectivity index (χ1v) is 11.9. The van der Waals surface area contributed by atoms with E-state index in [1.54, 1.807) is 0 Å². The third-order valence-electron chi connectivity index (χ3n) is 6.64. The molecule has 1 aliphatic heterocycles. The molecule has 1 saturated heterocycles. The monoisotopic (exact) mass is 437 g/mol. The molecule has 32 heavy (non-hydrogen) atoms. The van der Waals surface area contributed by atoms with Crippen LogP contribution in [-0.2, 0) is 9.53 Å². The van der Waals surface area contributed by atoms with E-state index in [0.717, 1.165) is 75.5 Å². The van der Waals surface area contributed by atoms with Gasteiger partial charge in [0.2, 0.25) is 5.91 Å². The number of nitrogens with one attached hydrogen (secondary N) is 1. The summed E-state index contributed by atoms with van der Waals surface area (Å²) in [5.74, 6) is 2.31. The quantitative estimate of drug-likeness (QED) is 0.715. The highest BCUT2D eigenvalue weighted by atomic mass is 16.5. The van der Waals surface area contributed by atoms with Gasteiger partial charge >= 0.3 is 0 Å². The van der Waals surface area contributed by atoms with Gasteiger partial charge < -0.3 is 10.1 Å². The van der Waals surface area contributed by atoms with Crippen LogP contribution in [0.25, 0.3) is 11.1 Å². The molecule has 0 atom stereocenters. The fourth-order valence-corrected chi connectivity index (χ4v) is 4.67. The van der Waals surface area contributed by atoms with E-state index >= 15 is 0 Å². The van der Waals surface area contributed by atoms with Crippen LogP contribution < -0.4 is 5.32 Å². The van der Waals surface area contributed by atoms with E-state index in [0.29, 0.717) is 24.3 Å². The molecule has 2 aliphatic rings. The largest absolute Gasteiger partial charge is 0.379 e. The Bertz CT molecular complexity index is 875. The molecule has 2 aromatic rings. The molecule has 172 valence electrons. The van der Waals surface area contributed by atoms with Crippen molar-refractivity contribution < 1.29 is 9.53 Å². The molecule has 0 bridgehead atoms. The Kier molecular flexibility index (Phi) is 7.81. The van der Waals surface area contributed by atoms with Crippen LogP contribution in [0.15, 0.2) is 30.7 Å². The summed E-state index contributed by atoms with van der Waals surface area (Å²) in [6.45, 7) is 8.66. The number of aromatic nitrogens is 3. The highest BCUT2D eigenvalue weighted by Gasteiger charge is 2.27. The van der Waals surface area contributed by atoms with Gasteiger partial charge in [0.05, 0.1) is 25.5 Å². The Hall–Kier alpha value is -2.38. The summed E-state index contributed by atoms with van der Waals surface area (Å²) in [5.41, 5.74) is 3.42. The van der Waals surface area contributed by atoms with Gasteiger partial charge in [-0.1, -0.05) is 13.8 Å². The van der Waals surface area contributed by atoms with Gasteiger partial charge in [-0.2, -0.15) is 0 Å². The molecule has 1 saturated carbocycles. The van der Waals surface area contributed by atoms with Crippen molar-refractivity contribution in [3.05, 3.63) is 42.2 Å². The SMILES string of the molecule is CC(C)c1ncc(-c2ccncc2)c(C2CCC(CNC(=O)CN3CCOCC3)CC2)n1. The second-order valence-corrected chi connectivity index (χ2v) is 9.33. The van der Waals surface area contributed by atoms with Crippen molar-refractivity contribution in [3.63, 3.8) is 0 Å². The van der Waals surface area contributed by atoms with E-state index in [4.69, 9.17) is 9.72 Å². The molecule has 1 amide bonds. The first-order chi connectivity index (χ1) is 15.6. The molecule has 1 aliphatic carbocycles. The third kappa shape index (κ3) is 5.90. The van der Waals surface area contributed by atoms with Crippen LogP contribution in [0, 0.1) is 5.92 Å². The highest BCUT2D eigenvalue weighted by molar-refractivity contribution is 5.78. The minimum absolute atomic E-state index is 0.131. The molecule has 7 nitrogen and oxygen atoms in total. The van der Waals surface area contributed by atoms with Crippen LogP contribution in [-0.4, -0.2) is 65.2 Å². The molecule has 0 radical (unpaired) electrons. The first-order valence-electron chi connectivity index (χ1n) is 11.9. The number of ether oxygens (including phenoxy) is 1. The summed E-state index contributed by atoms with van der Waals surface area (Å²) in [5, 5.41) is 3.16. The van der Waals surface area contributed by atoms with Crippen molar-refractivity contribution in [2.75, 3.05) is 39.4 Å². The van der Waals surface area contributed by atoms with Gasteiger partial charge in [-0.25, -0.2) is 9.97 Å². The fourth-order valence-electron chi connectivity index (χ4n) is 4.67. The average molecular weight is 438 g/mol. The Morgan fingerprint density at radius 3 is 2.56 bits per heavy atom. The van der Waals surface area contributed by atoms with Crippen molar-refractivity contribution in [2.45, 2.75) is 51.4 Å². The zero-order chi connectivity index (χ0) is 22.3. The van der Waals surface area contributed by atoms with Gasteiger partial charge in [-0.3, -0.25) is 14.7 Å². The maximum atomic E-state index is 12.3. The van der Waals surface area contributed by atoms with Crippen molar-refractivity contribution in [1.82, 2.24) is 25.2 Å². The number of amides is 1. The minimum Gasteiger partial charge on any atom is -0.379 e. The van der Waals surface area contributed by atoms with Crippen LogP contribution in [0.5, 0.6) is 0 Å². The van der Waals surface area contributed by atoms with Crippen LogP contribution in [0.4, 0.5) is 0 Å². The van der Waals surface area contributed by atoms with Crippen LogP contribution in [0.3, 0.4) is 0 Å². The van der Waals surface area contributed by atoms with E-state index in [2.05, 4.69) is 34.0 Å². The van der Waals surface area contributed by atoms with Gasteiger partial charge in [0.25, 0.3) is 0 Å². The zero-order valence-corrected chi connectivity index (χ0v) is 19.3. The lowest BCUT2D eigenvalue weighted by atomic mass is 9.79. The Labute approximate surface area is 191 Å². The van der Waals surface area contributed by atoms with Gasteiger partial charge in [0, 0.05) is 55.6 Å². The second-order valence-electron chi connectivity index (χ2n) is 9.33. The summed E-state index contributed by atoms with van der Waals surface area (Å²) in [6.07, 6.45) is 10.1. The third-order valence-corrected chi connectivity index (χ3v) is 6.64. The molecular formula is C25H35N5O2. The highest BCUT2D eigenvalue weighted by Crippen LogP contribution is 2.39. The summed E-state index contributed by atoms with van der Waals surface area (Å²) in [7, 11) is 0. The van der Waals surface area contributed by atoms with Crippen LogP contribution in [0.1, 0.15) is 62.9 Å². The summed E-state index contributed by atoms with van der Waals surface area (Å²) < 4.78 is 5.35. The molecule has 3 heterocycles. The molecule has 4 rings (SSSR count). The predicted molar refractivity (Wildman–Crippen MR) is 124 cm³/mol. The number of pyridine rings is 1. The average Bonchev–Trinajstić information content (AvgIpc) is 2.84. The maximum Gasteiger partial charge on any atom is 0.234 e. The number of rotatable bonds is 7. The molecule has 0 spiro atoms. The molecule has 7 heteroatoms. The van der Waals surface area contributed by atoms with Crippen LogP contribution >= 0.6 is 0 Å². The lowest BCUT2D eigenvalue weighted by Crippen LogP contribution is -2.44. The standard InChI is InChI=1S/C25H35N5O2/c1-18(2)25-28-16-22(20-7-9-26-10-8-20)24(29-25)21-5-3-19(4-6-21)15-27-23(31)17-30-11-13-32-14-12-30/h7-10,16,18-19,21H,3-6,11-15,17H2,1-2H3,(H,27,31). The number of carbonyl (C=O) groups is 1. The number of nitrogens with zero attached hydrogens (tertiary/aromatic N) is 4. The van der Waals surface area contributed by atoms with Crippen molar-refractivity contribution in [3.8, 4) is 11.1 Å². The molecule has 2 aromatic heterocycles. The number of hydrogen-bond acceptors (Lipinski definition) is 6. The van der Waals surface area contributed by atoms with E-state index in [1.165, 1.54) is 5.69 Å². The topological polar surface area (TPSA) is 80.2 Å². The van der Waals surface area contributed by atoms with Crippen molar-refractivity contribution in [1.29, 1.82) is 0 Å². The molecular weight excluding hydrogens is 402 g/mol. The fraction of sp³-hybridized carbons (Fsp3) is 0.600. The molecule has 0 aromatic carbocycles. The minimum atomic E-state index is 0.131. The van der Waals surface area contributed by atoms with E-state index in [-0.39, 0.29) is 5.91 Å². The summed E-state index contributed by atoms with van der Waals surface area (Å²) in [6, 6.07) is 4.07. The number of carbonyl (C=O) groups excluding carboxylic acids is 1. The van der Waals surface area contributed by atoms with Crippen molar-refractivity contribution >= 4 is 5.91 Å². The first kappa shape index (κ1) is 22.8. The second kappa shape index (κ2) is 11.0. The van der Waals surface area contributed by atoms with Crippen LogP contribution in [0.2, 0.25) is 0 Å². The number of morpholine rings is 1. The lowest BCUT2D eigenvalue weighted by molar-refractivity contribution is -0.123.